The largest absolute Gasteiger partial charge is 0.491 e. The lowest BCUT2D eigenvalue weighted by atomic mass is 10.1. The first-order valence-corrected chi connectivity index (χ1v) is 10.7. The fraction of sp³-hybridized carbons (Fsp3) is 0.682. The van der Waals surface area contributed by atoms with Crippen molar-refractivity contribution in [1.82, 2.24) is 10.6 Å². The van der Waals surface area contributed by atoms with Crippen LogP contribution in [-0.4, -0.2) is 62.7 Å². The lowest BCUT2D eigenvalue weighted by Gasteiger charge is -2.22. The highest BCUT2D eigenvalue weighted by Crippen LogP contribution is 2.19. The molecule has 172 valence electrons. The summed E-state index contributed by atoms with van der Waals surface area (Å²) in [6, 6.07) is 7.52. The summed E-state index contributed by atoms with van der Waals surface area (Å²) in [5.74, 6) is 1.51. The van der Waals surface area contributed by atoms with Crippen LogP contribution in [0.25, 0.3) is 0 Å². The number of guanidine groups is 1. The minimum Gasteiger partial charge on any atom is -0.491 e. The number of aliphatic hydroxyl groups is 1. The van der Waals surface area contributed by atoms with E-state index in [1.54, 1.807) is 0 Å². The van der Waals surface area contributed by atoms with Crippen LogP contribution in [0.2, 0.25) is 0 Å². The van der Waals surface area contributed by atoms with Crippen LogP contribution in [0, 0.1) is 0 Å². The Kier molecular flexibility index (Phi) is 14.1. The summed E-state index contributed by atoms with van der Waals surface area (Å²) >= 11 is 0. The van der Waals surface area contributed by atoms with Crippen LogP contribution >= 0.6 is 24.0 Å². The van der Waals surface area contributed by atoms with Gasteiger partial charge in [0, 0.05) is 32.9 Å². The Balaban J connectivity index is 0.00000450. The molecule has 1 fully saturated rings. The SMILES string of the molecule is CCNC(=NCC(O)c1ccc(OC(C)C)cc1)NCCCOC1CCOCC1.I. The molecule has 1 aliphatic heterocycles. The zero-order valence-corrected chi connectivity index (χ0v) is 20.8. The topological polar surface area (TPSA) is 84.3 Å². The molecule has 0 bridgehead atoms. The van der Waals surface area contributed by atoms with Crippen molar-refractivity contribution in [2.45, 2.75) is 58.3 Å². The molecule has 0 spiro atoms. The standard InChI is InChI=1S/C22H37N3O4.HI/c1-4-23-22(24-12-5-13-28-19-10-14-27-15-11-19)25-16-21(26)18-6-8-20(9-7-18)29-17(2)3;/h6-9,17,19,21,26H,4-5,10-16H2,1-3H3,(H2,23,24,25);1H. The van der Waals surface area contributed by atoms with Crippen LogP contribution in [0.3, 0.4) is 0 Å². The van der Waals surface area contributed by atoms with E-state index in [0.29, 0.717) is 12.1 Å². The van der Waals surface area contributed by atoms with Crippen molar-refractivity contribution in [1.29, 1.82) is 0 Å². The normalized spacial score (nSPS) is 16.1. The number of hydrogen-bond acceptors (Lipinski definition) is 5. The minimum atomic E-state index is -0.657. The predicted octanol–water partition coefficient (Wildman–Crippen LogP) is 3.27. The molecule has 0 aromatic heterocycles. The van der Waals surface area contributed by atoms with Gasteiger partial charge in [-0.2, -0.15) is 0 Å². The maximum Gasteiger partial charge on any atom is 0.191 e. The van der Waals surface area contributed by atoms with Crippen LogP contribution in [-0.2, 0) is 9.47 Å². The first kappa shape index (κ1) is 26.9. The van der Waals surface area contributed by atoms with Gasteiger partial charge < -0.3 is 30.0 Å². The molecule has 1 heterocycles. The average Bonchev–Trinajstić information content (AvgIpc) is 2.72. The number of aliphatic hydroxyl groups excluding tert-OH is 1. The van der Waals surface area contributed by atoms with Crippen molar-refractivity contribution in [2.75, 3.05) is 39.5 Å². The first-order chi connectivity index (χ1) is 14.1. The molecule has 1 saturated heterocycles. The second kappa shape index (κ2) is 15.7. The first-order valence-electron chi connectivity index (χ1n) is 10.7. The molecule has 2 rings (SSSR count). The van der Waals surface area contributed by atoms with E-state index >= 15 is 0 Å². The summed E-state index contributed by atoms with van der Waals surface area (Å²) in [6.07, 6.45) is 2.68. The van der Waals surface area contributed by atoms with E-state index in [0.717, 1.165) is 63.5 Å². The molecule has 1 aromatic rings. The maximum atomic E-state index is 10.4. The zero-order chi connectivity index (χ0) is 20.9. The minimum absolute atomic E-state index is 0. The molecule has 0 radical (unpaired) electrons. The van der Waals surface area contributed by atoms with E-state index in [2.05, 4.69) is 15.6 Å². The smallest absolute Gasteiger partial charge is 0.191 e. The van der Waals surface area contributed by atoms with E-state index < -0.39 is 6.10 Å². The Morgan fingerprint density at radius 3 is 2.53 bits per heavy atom. The summed E-state index contributed by atoms with van der Waals surface area (Å²) in [4.78, 5) is 4.50. The molecule has 0 aliphatic carbocycles. The second-order valence-corrected chi connectivity index (χ2v) is 7.43. The summed E-state index contributed by atoms with van der Waals surface area (Å²) in [7, 11) is 0. The van der Waals surface area contributed by atoms with Crippen molar-refractivity contribution in [3.63, 3.8) is 0 Å². The molecule has 7 nitrogen and oxygen atoms in total. The van der Waals surface area contributed by atoms with Gasteiger partial charge in [-0.15, -0.1) is 24.0 Å². The Labute approximate surface area is 198 Å². The molecule has 0 saturated carbocycles. The third kappa shape index (κ3) is 10.8. The number of ether oxygens (including phenoxy) is 3. The van der Waals surface area contributed by atoms with Gasteiger partial charge in [0.25, 0.3) is 0 Å². The highest BCUT2D eigenvalue weighted by molar-refractivity contribution is 14.0. The molecule has 8 heteroatoms. The van der Waals surface area contributed by atoms with Crippen molar-refractivity contribution in [3.05, 3.63) is 29.8 Å². The van der Waals surface area contributed by atoms with Gasteiger partial charge in [0.1, 0.15) is 5.75 Å². The Bertz CT molecular complexity index is 593. The van der Waals surface area contributed by atoms with Crippen LogP contribution in [0.4, 0.5) is 0 Å². The van der Waals surface area contributed by atoms with E-state index in [1.807, 2.05) is 45.0 Å². The quantitative estimate of drug-likeness (QED) is 0.175. The van der Waals surface area contributed by atoms with Crippen molar-refractivity contribution in [2.24, 2.45) is 4.99 Å². The average molecular weight is 535 g/mol. The van der Waals surface area contributed by atoms with E-state index in [4.69, 9.17) is 14.2 Å². The van der Waals surface area contributed by atoms with E-state index in [9.17, 15) is 5.11 Å². The number of nitrogens with one attached hydrogen (secondary N) is 2. The Hall–Kier alpha value is -1.10. The second-order valence-electron chi connectivity index (χ2n) is 7.43. The number of hydrogen-bond donors (Lipinski definition) is 3. The van der Waals surface area contributed by atoms with Gasteiger partial charge in [0.2, 0.25) is 0 Å². The fourth-order valence-corrected chi connectivity index (χ4v) is 3.04. The van der Waals surface area contributed by atoms with Crippen molar-refractivity contribution >= 4 is 29.9 Å². The van der Waals surface area contributed by atoms with Gasteiger partial charge in [0.15, 0.2) is 5.96 Å². The van der Waals surface area contributed by atoms with Gasteiger partial charge in [0.05, 0.1) is 24.9 Å². The molecule has 3 N–H and O–H groups in total. The number of rotatable bonds is 11. The van der Waals surface area contributed by atoms with Gasteiger partial charge in [-0.3, -0.25) is 4.99 Å². The van der Waals surface area contributed by atoms with E-state index in [-0.39, 0.29) is 36.6 Å². The fourth-order valence-electron chi connectivity index (χ4n) is 3.04. The van der Waals surface area contributed by atoms with Crippen LogP contribution < -0.4 is 15.4 Å². The number of halogens is 1. The van der Waals surface area contributed by atoms with Gasteiger partial charge >= 0.3 is 0 Å². The predicted molar refractivity (Wildman–Crippen MR) is 131 cm³/mol. The molecular weight excluding hydrogens is 497 g/mol. The molecule has 1 aliphatic rings. The number of aliphatic imine (C=N–C) groups is 1. The highest BCUT2D eigenvalue weighted by Gasteiger charge is 2.13. The molecule has 1 atom stereocenters. The molecule has 0 amide bonds. The molecule has 1 aromatic carbocycles. The monoisotopic (exact) mass is 535 g/mol. The summed E-state index contributed by atoms with van der Waals surface area (Å²) in [5, 5.41) is 16.9. The maximum absolute atomic E-state index is 10.4. The van der Waals surface area contributed by atoms with Gasteiger partial charge in [-0.1, -0.05) is 12.1 Å². The zero-order valence-electron chi connectivity index (χ0n) is 18.4. The third-order valence-corrected chi connectivity index (χ3v) is 4.54. The highest BCUT2D eigenvalue weighted by atomic mass is 127. The van der Waals surface area contributed by atoms with Crippen LogP contribution in [0.15, 0.2) is 29.3 Å². The summed E-state index contributed by atoms with van der Waals surface area (Å²) in [5.41, 5.74) is 0.825. The molecule has 30 heavy (non-hydrogen) atoms. The Morgan fingerprint density at radius 2 is 1.90 bits per heavy atom. The number of nitrogens with zero attached hydrogens (tertiary/aromatic N) is 1. The Morgan fingerprint density at radius 1 is 1.20 bits per heavy atom. The van der Waals surface area contributed by atoms with Crippen molar-refractivity contribution < 1.29 is 19.3 Å². The van der Waals surface area contributed by atoms with Gasteiger partial charge in [-0.25, -0.2) is 0 Å². The van der Waals surface area contributed by atoms with Crippen LogP contribution in [0.1, 0.15) is 51.7 Å². The van der Waals surface area contributed by atoms with Crippen molar-refractivity contribution in [3.8, 4) is 5.75 Å². The molecular formula is C22H38IN3O4. The van der Waals surface area contributed by atoms with Crippen LogP contribution in [0.5, 0.6) is 5.75 Å². The van der Waals surface area contributed by atoms with Gasteiger partial charge in [-0.05, 0) is 57.7 Å². The third-order valence-electron chi connectivity index (χ3n) is 4.54. The molecule has 1 unspecified atom stereocenters. The summed E-state index contributed by atoms with van der Waals surface area (Å²) in [6.45, 7) is 10.2. The number of benzene rings is 1. The summed E-state index contributed by atoms with van der Waals surface area (Å²) < 4.78 is 16.9. The lowest BCUT2D eigenvalue weighted by Crippen LogP contribution is -2.38. The lowest BCUT2D eigenvalue weighted by molar-refractivity contribution is -0.0320. The van der Waals surface area contributed by atoms with E-state index in [1.165, 1.54) is 0 Å².